The molecule has 8 aliphatic rings. The number of rotatable bonds is 12. The van der Waals surface area contributed by atoms with Crippen LogP contribution in [-0.4, -0.2) is 0 Å². The predicted octanol–water partition coefficient (Wildman–Crippen LogP) is 19.2. The third-order valence-electron chi connectivity index (χ3n) is 23.3. The molecule has 0 bridgehead atoms. The van der Waals surface area contributed by atoms with Crippen LogP contribution in [-0.2, 0) is 0 Å². The first-order valence-corrected chi connectivity index (χ1v) is 28.5. The summed E-state index contributed by atoms with van der Waals surface area (Å²) in [6, 6.07) is 0. The predicted molar refractivity (Wildman–Crippen MR) is 276 cm³/mol. The first-order valence-electron chi connectivity index (χ1n) is 28.5. The van der Waals surface area contributed by atoms with Gasteiger partial charge in [0.2, 0.25) is 0 Å². The van der Waals surface area contributed by atoms with Gasteiger partial charge in [-0.25, -0.2) is 0 Å². The van der Waals surface area contributed by atoms with Gasteiger partial charge in [-0.15, -0.1) is 0 Å². The Morgan fingerprint density at radius 3 is 1.84 bits per heavy atom. The Balaban J connectivity index is 0.000000189. The van der Waals surface area contributed by atoms with Crippen molar-refractivity contribution < 1.29 is 0 Å². The van der Waals surface area contributed by atoms with Gasteiger partial charge in [0.25, 0.3) is 0 Å². The summed E-state index contributed by atoms with van der Waals surface area (Å²) in [5.41, 5.74) is 7.65. The maximum absolute atomic E-state index is 2.78. The van der Waals surface area contributed by atoms with Crippen molar-refractivity contribution in [2.75, 3.05) is 0 Å². The Morgan fingerprint density at radius 1 is 0.571 bits per heavy atom. The largest absolute Gasteiger partial charge is 0.0852 e. The molecular formula is C63H106. The van der Waals surface area contributed by atoms with Crippen LogP contribution < -0.4 is 0 Å². The van der Waals surface area contributed by atoms with Gasteiger partial charge < -0.3 is 0 Å². The zero-order valence-electron chi connectivity index (χ0n) is 44.9. The Kier molecular flexibility index (Phi) is 15.4. The van der Waals surface area contributed by atoms with E-state index in [0.717, 1.165) is 88.8 Å². The number of allylic oxidation sites excluding steroid dienone is 8. The lowest BCUT2D eigenvalue weighted by molar-refractivity contribution is -0.0541. The third kappa shape index (κ3) is 9.30. The molecule has 0 N–H and O–H groups in total. The smallest absolute Gasteiger partial charge is 0.00474 e. The molecular weight excluding hydrogens is 757 g/mol. The van der Waals surface area contributed by atoms with E-state index in [-0.39, 0.29) is 0 Å². The molecule has 17 unspecified atom stereocenters. The van der Waals surface area contributed by atoms with Gasteiger partial charge in [0.15, 0.2) is 0 Å². The van der Waals surface area contributed by atoms with Crippen LogP contribution in [0.4, 0.5) is 0 Å². The second-order valence-electron chi connectivity index (χ2n) is 27.4. The highest BCUT2D eigenvalue weighted by Gasteiger charge is 2.60. The first kappa shape index (κ1) is 49.9. The summed E-state index contributed by atoms with van der Waals surface area (Å²) in [6.07, 6.45) is 39.2. The van der Waals surface area contributed by atoms with Crippen LogP contribution in [0.1, 0.15) is 226 Å². The number of hydrogen-bond acceptors (Lipinski definition) is 0. The Labute approximate surface area is 394 Å². The van der Waals surface area contributed by atoms with Gasteiger partial charge in [0.1, 0.15) is 0 Å². The van der Waals surface area contributed by atoms with Crippen LogP contribution in [0.3, 0.4) is 0 Å². The van der Waals surface area contributed by atoms with Crippen LogP contribution in [0.5, 0.6) is 0 Å². The molecule has 0 aromatic rings. The highest BCUT2D eigenvalue weighted by Crippen LogP contribution is 2.69. The molecule has 8 aliphatic carbocycles. The summed E-state index contributed by atoms with van der Waals surface area (Å²) >= 11 is 0. The third-order valence-corrected chi connectivity index (χ3v) is 23.3. The molecule has 17 atom stereocenters. The topological polar surface area (TPSA) is 0 Å². The lowest BCUT2D eigenvalue weighted by Crippen LogP contribution is -2.50. The van der Waals surface area contributed by atoms with Gasteiger partial charge in [-0.2, -0.15) is 0 Å². The molecule has 0 amide bonds. The summed E-state index contributed by atoms with van der Waals surface area (Å²) in [5, 5.41) is 0. The lowest BCUT2D eigenvalue weighted by atomic mass is 9.46. The minimum atomic E-state index is 0.451. The molecule has 0 aromatic carbocycles. The van der Waals surface area contributed by atoms with Crippen LogP contribution in [0.25, 0.3) is 0 Å². The molecule has 0 aromatic heterocycles. The molecule has 0 aliphatic heterocycles. The molecule has 63 heavy (non-hydrogen) atoms. The van der Waals surface area contributed by atoms with E-state index in [1.165, 1.54) is 116 Å². The van der Waals surface area contributed by atoms with Gasteiger partial charge in [-0.3, -0.25) is 0 Å². The summed E-state index contributed by atoms with van der Waals surface area (Å²) < 4.78 is 0. The fourth-order valence-electron chi connectivity index (χ4n) is 18.1. The second kappa shape index (κ2) is 19.5. The zero-order chi connectivity index (χ0) is 45.8. The van der Waals surface area contributed by atoms with Gasteiger partial charge in [0, 0.05) is 0 Å². The van der Waals surface area contributed by atoms with Crippen LogP contribution in [0.2, 0.25) is 0 Å². The Bertz CT molecular complexity index is 1660. The summed E-state index contributed by atoms with van der Waals surface area (Å²) in [5.74, 6) is 14.8. The molecule has 0 radical (unpaired) electrons. The molecule has 0 heteroatoms. The molecule has 0 nitrogen and oxygen atoms in total. The van der Waals surface area contributed by atoms with Crippen molar-refractivity contribution in [3.8, 4) is 0 Å². The molecule has 6 fully saturated rings. The molecule has 8 rings (SSSR count). The second-order valence-corrected chi connectivity index (χ2v) is 27.4. The Hall–Kier alpha value is -1.04. The van der Waals surface area contributed by atoms with Crippen LogP contribution >= 0.6 is 0 Å². The van der Waals surface area contributed by atoms with Crippen molar-refractivity contribution in [2.45, 2.75) is 226 Å². The normalized spacial score (nSPS) is 42.8. The summed E-state index contributed by atoms with van der Waals surface area (Å²) in [4.78, 5) is 0. The lowest BCUT2D eigenvalue weighted by Gasteiger charge is -2.59. The van der Waals surface area contributed by atoms with E-state index in [4.69, 9.17) is 0 Å². The highest BCUT2D eigenvalue weighted by atomic mass is 14.6. The minimum Gasteiger partial charge on any atom is -0.0852 e. The zero-order valence-corrected chi connectivity index (χ0v) is 44.9. The van der Waals surface area contributed by atoms with E-state index in [9.17, 15) is 0 Å². The fourth-order valence-corrected chi connectivity index (χ4v) is 18.1. The minimum absolute atomic E-state index is 0.451. The summed E-state index contributed by atoms with van der Waals surface area (Å²) in [7, 11) is 0. The van der Waals surface area contributed by atoms with Crippen LogP contribution in [0.15, 0.2) is 47.1 Å². The molecule has 0 spiro atoms. The van der Waals surface area contributed by atoms with Crippen LogP contribution in [0, 0.1) is 122 Å². The number of fused-ring (bicyclic) bond motifs is 10. The van der Waals surface area contributed by atoms with Crippen molar-refractivity contribution >= 4 is 0 Å². The van der Waals surface area contributed by atoms with Gasteiger partial charge in [-0.1, -0.05) is 171 Å². The van der Waals surface area contributed by atoms with E-state index < -0.39 is 0 Å². The molecule has 358 valence electrons. The van der Waals surface area contributed by atoms with E-state index in [1.807, 2.05) is 11.1 Å². The summed E-state index contributed by atoms with van der Waals surface area (Å²) in [6.45, 7) is 40.0. The molecule has 0 heterocycles. The van der Waals surface area contributed by atoms with Crippen molar-refractivity contribution in [1.82, 2.24) is 0 Å². The first-order chi connectivity index (χ1) is 29.7. The quantitative estimate of drug-likeness (QED) is 0.172. The average molecular weight is 864 g/mol. The SMILES string of the molecule is CC(C)C(C)/C=C/C(C)C1CCC2C3=CC=C4CC(C(C)C)CCC4(C)C3CCC21C.CCC(CCC(C)C1CCC2C3CC=C4CC(C(C)C)CCC4(C)C3CCC12C)C(C)C. The number of hydrogen-bond donors (Lipinski definition) is 0. The molecule has 6 saturated carbocycles. The van der Waals surface area contributed by atoms with Gasteiger partial charge in [-0.05, 0) is 225 Å². The van der Waals surface area contributed by atoms with Crippen molar-refractivity contribution in [2.24, 2.45) is 122 Å². The highest BCUT2D eigenvalue weighted by molar-refractivity contribution is 5.39. The van der Waals surface area contributed by atoms with E-state index in [0.29, 0.717) is 33.5 Å². The standard InChI is InChI=1S/C32H56.C31H50/c1-9-24(21(2)3)11-10-23(6)28-14-15-29-27-13-12-26-20-25(22(4)5)16-18-31(26,7)30(27)17-19-32(28,29)8;1-20(2)22(5)9-10-23(6)27-13-14-28-26-12-11-25-19-24(21(3)4)15-17-30(25,7)29(26)16-18-31(27,28)8/h12,21-25,27-30H,9-11,13-20H2,1-8H3;9-12,20-24,27-29H,13-19H2,1-8H3/b;10-9+. The maximum Gasteiger partial charge on any atom is -0.00474 e. The van der Waals surface area contributed by atoms with Crippen molar-refractivity contribution in [1.29, 1.82) is 0 Å². The van der Waals surface area contributed by atoms with E-state index >= 15 is 0 Å². The van der Waals surface area contributed by atoms with E-state index in [2.05, 4.69) is 141 Å². The van der Waals surface area contributed by atoms with Gasteiger partial charge >= 0.3 is 0 Å². The maximum atomic E-state index is 2.78. The average Bonchev–Trinajstić information content (AvgIpc) is 3.79. The Morgan fingerprint density at radius 2 is 1.21 bits per heavy atom. The van der Waals surface area contributed by atoms with Crippen molar-refractivity contribution in [3.05, 3.63) is 47.1 Å². The molecule has 0 saturated heterocycles. The van der Waals surface area contributed by atoms with E-state index in [1.54, 1.807) is 5.57 Å². The monoisotopic (exact) mass is 863 g/mol. The van der Waals surface area contributed by atoms with Gasteiger partial charge in [0.05, 0.1) is 0 Å². The van der Waals surface area contributed by atoms with Crippen molar-refractivity contribution in [3.63, 3.8) is 0 Å². The fraction of sp³-hybridized carbons (Fsp3) is 0.873.